The highest BCUT2D eigenvalue weighted by atomic mass is 79.9. The van der Waals surface area contributed by atoms with E-state index in [2.05, 4.69) is 35.1 Å². The first-order valence-electron chi connectivity index (χ1n) is 7.30. The molecule has 0 aromatic carbocycles. The molecule has 2 aromatic heterocycles. The lowest BCUT2D eigenvalue weighted by Gasteiger charge is -2.23. The number of fused-ring (bicyclic) bond motifs is 1. The summed E-state index contributed by atoms with van der Waals surface area (Å²) < 4.78 is 8.39. The number of nitrogens with zero attached hydrogens (tertiary/aromatic N) is 1. The normalized spacial score (nSPS) is 17.8. The highest BCUT2D eigenvalue weighted by Crippen LogP contribution is 2.31. The van der Waals surface area contributed by atoms with Gasteiger partial charge in [-0.15, -0.1) is 0 Å². The van der Waals surface area contributed by atoms with E-state index in [-0.39, 0.29) is 18.0 Å². The van der Waals surface area contributed by atoms with E-state index in [0.717, 1.165) is 35.1 Å². The summed E-state index contributed by atoms with van der Waals surface area (Å²) in [6, 6.07) is 4.13. The molecule has 0 saturated carbocycles. The van der Waals surface area contributed by atoms with E-state index in [9.17, 15) is 4.79 Å². The van der Waals surface area contributed by atoms with Crippen LogP contribution in [0.2, 0.25) is 0 Å². The predicted octanol–water partition coefficient (Wildman–Crippen LogP) is 4.23. The van der Waals surface area contributed by atoms with Crippen molar-refractivity contribution in [3.63, 3.8) is 0 Å². The van der Waals surface area contributed by atoms with Crippen LogP contribution < -0.4 is 5.32 Å². The smallest absolute Gasteiger partial charge is 0.268 e. The molecule has 2 aromatic rings. The standard InChI is InChI=1S/C16H19BrN2O2/c1-10(2)19-9-11(17)8-14(19)16(20)18-13-4-3-5-15-12(13)6-7-21-15/h6-10,13H,3-5H2,1-2H3,(H,18,20). The van der Waals surface area contributed by atoms with E-state index < -0.39 is 0 Å². The van der Waals surface area contributed by atoms with Crippen molar-refractivity contribution < 1.29 is 9.21 Å². The topological polar surface area (TPSA) is 47.2 Å². The number of rotatable bonds is 3. The second-order valence-electron chi connectivity index (χ2n) is 5.76. The summed E-state index contributed by atoms with van der Waals surface area (Å²) in [5, 5.41) is 3.15. The molecule has 0 aliphatic heterocycles. The van der Waals surface area contributed by atoms with E-state index in [1.807, 2.05) is 22.9 Å². The number of aromatic nitrogens is 1. The maximum absolute atomic E-state index is 12.6. The van der Waals surface area contributed by atoms with E-state index in [1.54, 1.807) is 6.26 Å². The van der Waals surface area contributed by atoms with E-state index in [1.165, 1.54) is 0 Å². The Morgan fingerprint density at radius 2 is 2.33 bits per heavy atom. The number of hydrogen-bond acceptors (Lipinski definition) is 2. The van der Waals surface area contributed by atoms with Gasteiger partial charge in [0.15, 0.2) is 0 Å². The Morgan fingerprint density at radius 3 is 3.10 bits per heavy atom. The lowest BCUT2D eigenvalue weighted by Crippen LogP contribution is -2.32. The molecule has 0 bridgehead atoms. The van der Waals surface area contributed by atoms with Crippen LogP contribution in [0.1, 0.15) is 60.6 Å². The minimum atomic E-state index is -0.0338. The number of carbonyl (C=O) groups is 1. The first-order chi connectivity index (χ1) is 10.1. The fraction of sp³-hybridized carbons (Fsp3) is 0.438. The molecule has 0 spiro atoms. The van der Waals surface area contributed by atoms with Gasteiger partial charge >= 0.3 is 0 Å². The van der Waals surface area contributed by atoms with Crippen LogP contribution in [-0.4, -0.2) is 10.5 Å². The number of furan rings is 1. The van der Waals surface area contributed by atoms with Gasteiger partial charge in [-0.1, -0.05) is 0 Å². The van der Waals surface area contributed by atoms with Gasteiger partial charge < -0.3 is 14.3 Å². The van der Waals surface area contributed by atoms with Crippen LogP contribution in [0, 0.1) is 0 Å². The first-order valence-corrected chi connectivity index (χ1v) is 8.10. The average molecular weight is 351 g/mol. The van der Waals surface area contributed by atoms with Crippen molar-refractivity contribution in [2.45, 2.75) is 45.2 Å². The molecule has 1 amide bonds. The molecule has 1 aliphatic carbocycles. The van der Waals surface area contributed by atoms with Crippen LogP contribution in [0.3, 0.4) is 0 Å². The summed E-state index contributed by atoms with van der Waals surface area (Å²) >= 11 is 3.45. The summed E-state index contributed by atoms with van der Waals surface area (Å²) in [5.74, 6) is 0.973. The van der Waals surface area contributed by atoms with Gasteiger partial charge in [-0.2, -0.15) is 0 Å². The number of carbonyl (C=O) groups excluding carboxylic acids is 1. The Hall–Kier alpha value is -1.49. The van der Waals surface area contributed by atoms with Crippen molar-refractivity contribution in [1.29, 1.82) is 0 Å². The number of nitrogens with one attached hydrogen (secondary N) is 1. The SMILES string of the molecule is CC(C)n1cc(Br)cc1C(=O)NC1CCCc2occc21. The highest BCUT2D eigenvalue weighted by Gasteiger charge is 2.25. The van der Waals surface area contributed by atoms with Crippen LogP contribution in [-0.2, 0) is 6.42 Å². The van der Waals surface area contributed by atoms with Gasteiger partial charge in [0, 0.05) is 28.7 Å². The summed E-state index contributed by atoms with van der Waals surface area (Å²) in [6.45, 7) is 4.13. The molecule has 3 rings (SSSR count). The Bertz CT molecular complexity index is 657. The second kappa shape index (κ2) is 5.72. The molecule has 1 unspecified atom stereocenters. The summed E-state index contributed by atoms with van der Waals surface area (Å²) in [6.07, 6.45) is 6.62. The van der Waals surface area contributed by atoms with Gasteiger partial charge in [-0.3, -0.25) is 4.79 Å². The summed E-state index contributed by atoms with van der Waals surface area (Å²) in [5.41, 5.74) is 1.81. The third-order valence-corrected chi connectivity index (χ3v) is 4.40. The predicted molar refractivity (Wildman–Crippen MR) is 84.4 cm³/mol. The van der Waals surface area contributed by atoms with Crippen molar-refractivity contribution in [3.8, 4) is 0 Å². The lowest BCUT2D eigenvalue weighted by atomic mass is 9.93. The molecule has 2 heterocycles. The average Bonchev–Trinajstić information content (AvgIpc) is 3.05. The van der Waals surface area contributed by atoms with Gasteiger partial charge in [0.2, 0.25) is 0 Å². The first kappa shape index (κ1) is 14.4. The third-order valence-electron chi connectivity index (χ3n) is 3.96. The third kappa shape index (κ3) is 2.79. The van der Waals surface area contributed by atoms with Crippen molar-refractivity contribution in [2.24, 2.45) is 0 Å². The molecule has 1 N–H and O–H groups in total. The molecular formula is C16H19BrN2O2. The maximum Gasteiger partial charge on any atom is 0.268 e. The number of aryl methyl sites for hydroxylation is 1. The zero-order chi connectivity index (χ0) is 15.0. The largest absolute Gasteiger partial charge is 0.469 e. The molecule has 5 heteroatoms. The van der Waals surface area contributed by atoms with Gasteiger partial charge in [-0.25, -0.2) is 0 Å². The highest BCUT2D eigenvalue weighted by molar-refractivity contribution is 9.10. The molecule has 0 radical (unpaired) electrons. The van der Waals surface area contributed by atoms with Gasteiger partial charge in [0.05, 0.1) is 12.3 Å². The van der Waals surface area contributed by atoms with Crippen LogP contribution in [0.4, 0.5) is 0 Å². The van der Waals surface area contributed by atoms with Gasteiger partial charge in [0.25, 0.3) is 5.91 Å². The van der Waals surface area contributed by atoms with Gasteiger partial charge in [0.1, 0.15) is 11.5 Å². The minimum absolute atomic E-state index is 0.0338. The van der Waals surface area contributed by atoms with E-state index in [4.69, 9.17) is 4.42 Å². The summed E-state index contributed by atoms with van der Waals surface area (Å²) in [7, 11) is 0. The quantitative estimate of drug-likeness (QED) is 0.900. The Morgan fingerprint density at radius 1 is 1.52 bits per heavy atom. The molecule has 21 heavy (non-hydrogen) atoms. The summed E-state index contributed by atoms with van der Waals surface area (Å²) in [4.78, 5) is 12.6. The fourth-order valence-electron chi connectivity index (χ4n) is 2.92. The lowest BCUT2D eigenvalue weighted by molar-refractivity contribution is 0.0921. The van der Waals surface area contributed by atoms with Crippen molar-refractivity contribution in [2.75, 3.05) is 0 Å². The number of amides is 1. The maximum atomic E-state index is 12.6. The van der Waals surface area contributed by atoms with Gasteiger partial charge in [-0.05, 0) is 54.8 Å². The molecule has 1 atom stereocenters. The zero-order valence-electron chi connectivity index (χ0n) is 12.2. The molecule has 0 fully saturated rings. The Kier molecular flexibility index (Phi) is 3.93. The number of halogens is 1. The van der Waals surface area contributed by atoms with Crippen molar-refractivity contribution >= 4 is 21.8 Å². The molecular weight excluding hydrogens is 332 g/mol. The van der Waals surface area contributed by atoms with Crippen molar-refractivity contribution in [3.05, 3.63) is 46.1 Å². The monoisotopic (exact) mass is 350 g/mol. The van der Waals surface area contributed by atoms with Crippen LogP contribution in [0.25, 0.3) is 0 Å². The molecule has 112 valence electrons. The Labute approximate surface area is 132 Å². The second-order valence-corrected chi connectivity index (χ2v) is 6.68. The van der Waals surface area contributed by atoms with Crippen molar-refractivity contribution in [1.82, 2.24) is 9.88 Å². The molecule has 1 aliphatic rings. The van der Waals surface area contributed by atoms with E-state index in [0.29, 0.717) is 5.69 Å². The van der Waals surface area contributed by atoms with Crippen LogP contribution >= 0.6 is 15.9 Å². The van der Waals surface area contributed by atoms with Crippen LogP contribution in [0.15, 0.2) is 33.5 Å². The number of hydrogen-bond donors (Lipinski definition) is 1. The minimum Gasteiger partial charge on any atom is -0.469 e. The molecule has 4 nitrogen and oxygen atoms in total. The molecule has 0 saturated heterocycles. The fourth-order valence-corrected chi connectivity index (χ4v) is 3.36. The van der Waals surface area contributed by atoms with E-state index >= 15 is 0 Å². The van der Waals surface area contributed by atoms with Crippen LogP contribution in [0.5, 0.6) is 0 Å². The Balaban J connectivity index is 1.82. The zero-order valence-corrected chi connectivity index (χ0v) is 13.8.